The summed E-state index contributed by atoms with van der Waals surface area (Å²) in [6.07, 6.45) is 0. The van der Waals surface area contributed by atoms with Crippen LogP contribution in [-0.2, 0) is 21.4 Å². The maximum absolute atomic E-state index is 12.7. The van der Waals surface area contributed by atoms with Crippen LogP contribution in [0, 0.1) is 0 Å². The monoisotopic (exact) mass is 406 g/mol. The molecule has 1 aliphatic heterocycles. The van der Waals surface area contributed by atoms with Gasteiger partial charge in [0.2, 0.25) is 21.7 Å². The van der Waals surface area contributed by atoms with Gasteiger partial charge in [0.1, 0.15) is 0 Å². The molecule has 0 unspecified atom stereocenters. The molecular formula is C19H22N2O6S. The summed E-state index contributed by atoms with van der Waals surface area (Å²) in [5, 5.41) is 2.73. The van der Waals surface area contributed by atoms with Crippen LogP contribution >= 0.6 is 0 Å². The molecular weight excluding hydrogens is 384 g/mol. The molecule has 0 bridgehead atoms. The second kappa shape index (κ2) is 7.69. The summed E-state index contributed by atoms with van der Waals surface area (Å²) in [6, 6.07) is 7.95. The summed E-state index contributed by atoms with van der Waals surface area (Å²) in [5.74, 6) is 0.774. The van der Waals surface area contributed by atoms with Crippen LogP contribution in [0.2, 0.25) is 0 Å². The Hall–Kier alpha value is -2.78. The van der Waals surface area contributed by atoms with E-state index in [4.69, 9.17) is 14.2 Å². The van der Waals surface area contributed by atoms with Crippen LogP contribution in [0.15, 0.2) is 35.2 Å². The quantitative estimate of drug-likeness (QED) is 0.731. The lowest BCUT2D eigenvalue weighted by atomic mass is 10.0. The molecule has 0 saturated carbocycles. The zero-order valence-corrected chi connectivity index (χ0v) is 16.8. The number of sulfonamides is 1. The Balaban J connectivity index is 1.84. The van der Waals surface area contributed by atoms with E-state index in [1.165, 1.54) is 33.5 Å². The van der Waals surface area contributed by atoms with Crippen molar-refractivity contribution < 1.29 is 27.4 Å². The van der Waals surface area contributed by atoms with E-state index in [1.54, 1.807) is 25.1 Å². The summed E-state index contributed by atoms with van der Waals surface area (Å²) in [4.78, 5) is 11.9. The van der Waals surface area contributed by atoms with Gasteiger partial charge >= 0.3 is 0 Å². The number of amides is 1. The minimum Gasteiger partial charge on any atom is -0.493 e. The van der Waals surface area contributed by atoms with Crippen molar-refractivity contribution in [3.63, 3.8) is 0 Å². The molecule has 0 aromatic heterocycles. The molecule has 2 aromatic carbocycles. The average Bonchev–Trinajstić information content (AvgIpc) is 2.98. The van der Waals surface area contributed by atoms with Gasteiger partial charge in [0, 0.05) is 12.2 Å². The van der Waals surface area contributed by atoms with Gasteiger partial charge in [-0.25, -0.2) is 13.1 Å². The van der Waals surface area contributed by atoms with Crippen molar-refractivity contribution in [2.24, 2.45) is 0 Å². The molecule has 8 nitrogen and oxygen atoms in total. The highest BCUT2D eigenvalue weighted by molar-refractivity contribution is 7.89. The molecule has 1 aliphatic rings. The first-order chi connectivity index (χ1) is 13.3. The molecule has 0 saturated heterocycles. The molecule has 1 amide bonds. The van der Waals surface area contributed by atoms with Gasteiger partial charge in [0.05, 0.1) is 32.1 Å². The molecule has 2 aromatic rings. The molecule has 0 fully saturated rings. The third kappa shape index (κ3) is 3.63. The highest BCUT2D eigenvalue weighted by atomic mass is 32.2. The standard InChI is InChI=1S/C19H22N2O6S/c1-11-14-9-13(5-6-15(14)21-19(11)22)28(23,24)20-10-12-7-16(25-2)18(27-4)17(8-12)26-3/h5-9,11,20H,10H2,1-4H3,(H,21,22)/t11-/m1/s1. The average molecular weight is 406 g/mol. The fraction of sp³-hybridized carbons (Fsp3) is 0.316. The first kappa shape index (κ1) is 20.0. The van der Waals surface area contributed by atoms with Crippen LogP contribution in [0.25, 0.3) is 0 Å². The van der Waals surface area contributed by atoms with Gasteiger partial charge in [-0.3, -0.25) is 4.79 Å². The molecule has 150 valence electrons. The van der Waals surface area contributed by atoms with Crippen LogP contribution in [0.4, 0.5) is 5.69 Å². The van der Waals surface area contributed by atoms with E-state index in [0.717, 1.165) is 0 Å². The molecule has 9 heteroatoms. The van der Waals surface area contributed by atoms with E-state index in [0.29, 0.717) is 34.1 Å². The van der Waals surface area contributed by atoms with E-state index in [-0.39, 0.29) is 23.3 Å². The van der Waals surface area contributed by atoms with E-state index >= 15 is 0 Å². The topological polar surface area (TPSA) is 103 Å². The maximum Gasteiger partial charge on any atom is 0.240 e. The van der Waals surface area contributed by atoms with Crippen LogP contribution in [0.3, 0.4) is 0 Å². The Morgan fingerprint density at radius 3 is 2.25 bits per heavy atom. The molecule has 1 heterocycles. The summed E-state index contributed by atoms with van der Waals surface area (Å²) >= 11 is 0. The van der Waals surface area contributed by atoms with Gasteiger partial charge in [-0.1, -0.05) is 0 Å². The number of carbonyl (C=O) groups is 1. The largest absolute Gasteiger partial charge is 0.493 e. The number of nitrogens with one attached hydrogen (secondary N) is 2. The Labute approximate surface area is 163 Å². The fourth-order valence-corrected chi connectivity index (χ4v) is 4.11. The Bertz CT molecular complexity index is 994. The smallest absolute Gasteiger partial charge is 0.240 e. The lowest BCUT2D eigenvalue weighted by molar-refractivity contribution is -0.116. The maximum atomic E-state index is 12.7. The molecule has 2 N–H and O–H groups in total. The summed E-state index contributed by atoms with van der Waals surface area (Å²) in [7, 11) is 0.704. The number of fused-ring (bicyclic) bond motifs is 1. The lowest BCUT2D eigenvalue weighted by Crippen LogP contribution is -2.23. The number of anilines is 1. The van der Waals surface area contributed by atoms with Gasteiger partial charge in [0.15, 0.2) is 11.5 Å². The Morgan fingerprint density at radius 1 is 1.04 bits per heavy atom. The first-order valence-electron chi connectivity index (χ1n) is 8.54. The van der Waals surface area contributed by atoms with Crippen molar-refractivity contribution in [3.05, 3.63) is 41.5 Å². The zero-order valence-electron chi connectivity index (χ0n) is 16.0. The van der Waals surface area contributed by atoms with E-state index < -0.39 is 10.0 Å². The third-order valence-corrected chi connectivity index (χ3v) is 6.04. The number of benzene rings is 2. The minimum atomic E-state index is -3.78. The molecule has 0 spiro atoms. The van der Waals surface area contributed by atoms with Gasteiger partial charge in [-0.2, -0.15) is 0 Å². The normalized spacial score (nSPS) is 15.7. The molecule has 0 aliphatic carbocycles. The van der Waals surface area contributed by atoms with Crippen LogP contribution in [-0.4, -0.2) is 35.7 Å². The number of rotatable bonds is 7. The predicted octanol–water partition coefficient (Wildman–Crippen LogP) is 2.25. The van der Waals surface area contributed by atoms with Crippen molar-refractivity contribution in [2.75, 3.05) is 26.6 Å². The SMILES string of the molecule is COc1cc(CNS(=O)(=O)c2ccc3c(c2)[C@@H](C)C(=O)N3)cc(OC)c1OC. The van der Waals surface area contributed by atoms with Gasteiger partial charge in [-0.05, 0) is 48.4 Å². The molecule has 3 rings (SSSR count). The number of methoxy groups -OCH3 is 3. The molecule has 28 heavy (non-hydrogen) atoms. The van der Waals surface area contributed by atoms with Gasteiger partial charge in [0.25, 0.3) is 0 Å². The van der Waals surface area contributed by atoms with E-state index in [2.05, 4.69) is 10.0 Å². The summed E-state index contributed by atoms with van der Waals surface area (Å²) in [5.41, 5.74) is 1.95. The molecule has 1 atom stereocenters. The van der Waals surface area contributed by atoms with E-state index in [1.807, 2.05) is 0 Å². The summed E-state index contributed by atoms with van der Waals surface area (Å²) in [6.45, 7) is 1.77. The third-order valence-electron chi connectivity index (χ3n) is 4.64. The van der Waals surface area contributed by atoms with Crippen molar-refractivity contribution in [2.45, 2.75) is 24.3 Å². The number of carbonyl (C=O) groups excluding carboxylic acids is 1. The van der Waals surface area contributed by atoms with Crippen LogP contribution in [0.5, 0.6) is 17.2 Å². The van der Waals surface area contributed by atoms with Gasteiger partial charge < -0.3 is 19.5 Å². The van der Waals surface area contributed by atoms with Crippen LogP contribution in [0.1, 0.15) is 24.0 Å². The highest BCUT2D eigenvalue weighted by Crippen LogP contribution is 2.38. The molecule has 0 radical (unpaired) electrons. The highest BCUT2D eigenvalue weighted by Gasteiger charge is 2.28. The fourth-order valence-electron chi connectivity index (χ4n) is 3.06. The second-order valence-electron chi connectivity index (χ2n) is 6.32. The van der Waals surface area contributed by atoms with Crippen LogP contribution < -0.4 is 24.2 Å². The van der Waals surface area contributed by atoms with Crippen molar-refractivity contribution in [1.29, 1.82) is 0 Å². The Morgan fingerprint density at radius 2 is 1.68 bits per heavy atom. The second-order valence-corrected chi connectivity index (χ2v) is 8.09. The number of ether oxygens (including phenoxy) is 3. The minimum absolute atomic E-state index is 0.0306. The van der Waals surface area contributed by atoms with Gasteiger partial charge in [-0.15, -0.1) is 0 Å². The first-order valence-corrected chi connectivity index (χ1v) is 10.0. The Kier molecular flexibility index (Phi) is 5.48. The lowest BCUT2D eigenvalue weighted by Gasteiger charge is -2.15. The zero-order chi connectivity index (χ0) is 20.5. The van der Waals surface area contributed by atoms with E-state index in [9.17, 15) is 13.2 Å². The summed E-state index contributed by atoms with van der Waals surface area (Å²) < 4.78 is 43.8. The van der Waals surface area contributed by atoms with Crippen molar-refractivity contribution in [1.82, 2.24) is 4.72 Å². The number of hydrogen-bond acceptors (Lipinski definition) is 6. The van der Waals surface area contributed by atoms with Crippen molar-refractivity contribution in [3.8, 4) is 17.2 Å². The number of hydrogen-bond donors (Lipinski definition) is 2. The predicted molar refractivity (Wildman–Crippen MR) is 104 cm³/mol. The van der Waals surface area contributed by atoms with Crippen molar-refractivity contribution >= 4 is 21.6 Å².